The third kappa shape index (κ3) is 5.02. The molecule has 0 radical (unpaired) electrons. The van der Waals surface area contributed by atoms with Gasteiger partial charge in [0.25, 0.3) is 0 Å². The Hall–Kier alpha value is -5.52. The summed E-state index contributed by atoms with van der Waals surface area (Å²) in [4.78, 5) is 62.1. The highest BCUT2D eigenvalue weighted by Gasteiger charge is 2.68. The fourth-order valence-corrected chi connectivity index (χ4v) is 11.2. The van der Waals surface area contributed by atoms with Crippen LogP contribution in [0.1, 0.15) is 49.3 Å². The molecule has 9 rings (SSSR count). The van der Waals surface area contributed by atoms with Crippen LogP contribution < -0.4 is 14.5 Å². The number of imide groups is 2. The van der Waals surface area contributed by atoms with Crippen molar-refractivity contribution in [2.24, 2.45) is 36.1 Å². The number of phenolic OH excluding ortho intramolecular Hbond substituents is 1. The molecule has 10 nitrogen and oxygen atoms in total. The van der Waals surface area contributed by atoms with Gasteiger partial charge in [0.2, 0.25) is 23.6 Å². The van der Waals surface area contributed by atoms with Crippen LogP contribution in [-0.2, 0) is 26.2 Å². The van der Waals surface area contributed by atoms with Crippen molar-refractivity contribution < 1.29 is 29.0 Å². The van der Waals surface area contributed by atoms with E-state index in [4.69, 9.17) is 21.4 Å². The summed E-state index contributed by atoms with van der Waals surface area (Å²) in [7, 11) is 1.71. The standard InChI is InChI=1S/C44H39ClN4O6S/c1-6-23-11-14-25(15-12-23)48-40(51)27-17-16-26-30(36(27)42(48)53)20-31-41(52)49(43(54)44(31,4)37(26)28-9-8-10-33(38(28)50)55-7-2)35-21-32(46-47(35)5)39-22(3)29-19-24(45)13-18-34(29)56-39/h6,8-16,18-19,21,27,30-31,36-37,50H,1,7,17,20H2,2-5H3. The van der Waals surface area contributed by atoms with E-state index < -0.39 is 46.8 Å². The number of aromatic hydroxyl groups is 1. The predicted octanol–water partition coefficient (Wildman–Crippen LogP) is 8.45. The Morgan fingerprint density at radius 1 is 1.02 bits per heavy atom. The summed E-state index contributed by atoms with van der Waals surface area (Å²) in [6.45, 7) is 9.72. The molecule has 6 unspecified atom stereocenters. The lowest BCUT2D eigenvalue weighted by Crippen LogP contribution is -2.49. The van der Waals surface area contributed by atoms with Gasteiger partial charge in [-0.2, -0.15) is 5.10 Å². The fourth-order valence-electron chi connectivity index (χ4n) is 9.85. The van der Waals surface area contributed by atoms with Crippen molar-refractivity contribution >= 4 is 74.2 Å². The summed E-state index contributed by atoms with van der Waals surface area (Å²) in [5.41, 5.74) is 2.78. The zero-order valence-electron chi connectivity index (χ0n) is 31.3. The maximum atomic E-state index is 15.2. The molecule has 5 aromatic rings. The number of allylic oxidation sites excluding steroid dienone is 2. The topological polar surface area (TPSA) is 122 Å². The van der Waals surface area contributed by atoms with Gasteiger partial charge < -0.3 is 9.84 Å². The number of aromatic nitrogens is 2. The van der Waals surface area contributed by atoms with Gasteiger partial charge in [0.05, 0.1) is 40.3 Å². The molecule has 2 saturated heterocycles. The Morgan fingerprint density at radius 2 is 1.79 bits per heavy atom. The first-order valence-corrected chi connectivity index (χ1v) is 19.9. The van der Waals surface area contributed by atoms with Gasteiger partial charge >= 0.3 is 0 Å². The van der Waals surface area contributed by atoms with Crippen molar-refractivity contribution in [3.05, 3.63) is 107 Å². The summed E-state index contributed by atoms with van der Waals surface area (Å²) in [6, 6.07) is 19.8. The minimum Gasteiger partial charge on any atom is -0.504 e. The minimum absolute atomic E-state index is 0.123. The summed E-state index contributed by atoms with van der Waals surface area (Å²) in [5.74, 6) is -4.62. The molecular weight excluding hydrogens is 748 g/mol. The molecule has 4 amide bonds. The lowest BCUT2D eigenvalue weighted by molar-refractivity contribution is -0.131. The number of anilines is 2. The van der Waals surface area contributed by atoms with E-state index in [2.05, 4.69) is 6.58 Å². The molecular formula is C44H39ClN4O6S. The van der Waals surface area contributed by atoms with Gasteiger partial charge in [0.15, 0.2) is 11.5 Å². The molecule has 6 atom stereocenters. The monoisotopic (exact) mass is 786 g/mol. The second-order valence-electron chi connectivity index (χ2n) is 15.3. The predicted molar refractivity (Wildman–Crippen MR) is 217 cm³/mol. The molecule has 2 aliphatic heterocycles. The SMILES string of the molecule is C=Cc1ccc(N2C(=O)C3CC=C4C(CC5C(=O)N(c6cc(-c7sc8ccc(Cl)cc8c7C)nn6C)C(=O)C5(C)C4c4cccc(OCC)c4O)C3C2=O)cc1. The average molecular weight is 787 g/mol. The zero-order valence-corrected chi connectivity index (χ0v) is 32.9. The number of fused-ring (bicyclic) bond motifs is 5. The number of rotatable bonds is 7. The zero-order chi connectivity index (χ0) is 39.4. The summed E-state index contributed by atoms with van der Waals surface area (Å²) < 4.78 is 8.40. The molecule has 2 aliphatic carbocycles. The number of nitrogens with zero attached hydrogens (tertiary/aromatic N) is 4. The van der Waals surface area contributed by atoms with Gasteiger partial charge in [-0.25, -0.2) is 4.90 Å². The molecule has 3 aromatic carbocycles. The van der Waals surface area contributed by atoms with Gasteiger partial charge in [0, 0.05) is 34.3 Å². The number of benzene rings is 3. The first kappa shape index (κ1) is 36.1. The number of thiophene rings is 1. The maximum Gasteiger partial charge on any atom is 0.242 e. The molecule has 1 N–H and O–H groups in total. The largest absolute Gasteiger partial charge is 0.504 e. The number of phenols is 1. The van der Waals surface area contributed by atoms with Crippen molar-refractivity contribution in [1.29, 1.82) is 0 Å². The summed E-state index contributed by atoms with van der Waals surface area (Å²) >= 11 is 7.89. The molecule has 4 heterocycles. The fraction of sp³-hybridized carbons (Fsp3) is 0.295. The van der Waals surface area contributed by atoms with Crippen molar-refractivity contribution in [2.75, 3.05) is 16.4 Å². The van der Waals surface area contributed by atoms with Crippen molar-refractivity contribution in [1.82, 2.24) is 9.78 Å². The first-order valence-electron chi connectivity index (χ1n) is 18.7. The van der Waals surface area contributed by atoms with Crippen molar-refractivity contribution in [3.8, 4) is 22.1 Å². The lowest BCUT2D eigenvalue weighted by atomic mass is 9.51. The van der Waals surface area contributed by atoms with E-state index in [1.54, 1.807) is 72.5 Å². The number of aryl methyl sites for hydroxylation is 2. The van der Waals surface area contributed by atoms with E-state index in [1.165, 1.54) is 9.80 Å². The highest BCUT2D eigenvalue weighted by Crippen LogP contribution is 2.65. The van der Waals surface area contributed by atoms with Crippen LogP contribution >= 0.6 is 22.9 Å². The molecule has 12 heteroatoms. The first-order chi connectivity index (χ1) is 26.9. The van der Waals surface area contributed by atoms with Crippen LogP contribution in [0.3, 0.4) is 0 Å². The van der Waals surface area contributed by atoms with Crippen LogP contribution in [0, 0.1) is 36.0 Å². The Balaban J connectivity index is 1.16. The highest BCUT2D eigenvalue weighted by atomic mass is 35.5. The van der Waals surface area contributed by atoms with Crippen LogP contribution in [0.4, 0.5) is 11.5 Å². The Labute approximate surface area is 332 Å². The van der Waals surface area contributed by atoms with E-state index in [0.717, 1.165) is 31.7 Å². The minimum atomic E-state index is -1.37. The second kappa shape index (κ2) is 13.0. The van der Waals surface area contributed by atoms with E-state index in [9.17, 15) is 19.5 Å². The molecule has 1 saturated carbocycles. The van der Waals surface area contributed by atoms with Gasteiger partial charge in [-0.05, 0) is 92.4 Å². The quantitative estimate of drug-likeness (QED) is 0.130. The summed E-state index contributed by atoms with van der Waals surface area (Å²) in [5, 5.41) is 18.2. The molecule has 4 aliphatic rings. The molecule has 2 aromatic heterocycles. The second-order valence-corrected chi connectivity index (χ2v) is 16.8. The number of carbonyl (C=O) groups excluding carboxylic acids is 4. The van der Waals surface area contributed by atoms with E-state index in [0.29, 0.717) is 34.4 Å². The number of hydrogen-bond acceptors (Lipinski definition) is 8. The number of carbonyl (C=O) groups is 4. The number of hydrogen-bond donors (Lipinski definition) is 1. The van der Waals surface area contributed by atoms with Crippen molar-refractivity contribution in [2.45, 2.75) is 39.5 Å². The van der Waals surface area contributed by atoms with Crippen LogP contribution in [0.25, 0.3) is 26.7 Å². The average Bonchev–Trinajstić information content (AvgIpc) is 3.86. The van der Waals surface area contributed by atoms with Crippen molar-refractivity contribution in [3.63, 3.8) is 0 Å². The van der Waals surface area contributed by atoms with Crippen LogP contribution in [0.15, 0.2) is 85.0 Å². The normalized spacial score (nSPS) is 25.7. The Morgan fingerprint density at radius 3 is 2.52 bits per heavy atom. The molecule has 56 heavy (non-hydrogen) atoms. The summed E-state index contributed by atoms with van der Waals surface area (Å²) in [6.07, 6.45) is 4.12. The van der Waals surface area contributed by atoms with E-state index in [1.807, 2.05) is 50.3 Å². The number of ether oxygens (including phenoxy) is 1. The molecule has 0 spiro atoms. The third-order valence-corrected chi connectivity index (χ3v) is 14.0. The van der Waals surface area contributed by atoms with Crippen LogP contribution in [0.2, 0.25) is 5.02 Å². The van der Waals surface area contributed by atoms with Crippen LogP contribution in [-0.4, -0.2) is 45.1 Å². The van der Waals surface area contributed by atoms with Gasteiger partial charge in [-0.3, -0.25) is 28.8 Å². The third-order valence-electron chi connectivity index (χ3n) is 12.5. The number of halogens is 1. The maximum absolute atomic E-state index is 15.2. The van der Waals surface area contributed by atoms with Gasteiger partial charge in [-0.15, -0.1) is 11.3 Å². The van der Waals surface area contributed by atoms with E-state index >= 15 is 4.79 Å². The molecule has 3 fully saturated rings. The highest BCUT2D eigenvalue weighted by molar-refractivity contribution is 7.22. The molecule has 0 bridgehead atoms. The number of para-hydroxylation sites is 1. The number of amides is 4. The lowest BCUT2D eigenvalue weighted by Gasteiger charge is -2.49. The van der Waals surface area contributed by atoms with Gasteiger partial charge in [-0.1, -0.05) is 60.2 Å². The Bertz CT molecular complexity index is 2570. The van der Waals surface area contributed by atoms with Crippen LogP contribution in [0.5, 0.6) is 11.5 Å². The Kier molecular flexibility index (Phi) is 8.41. The van der Waals surface area contributed by atoms with E-state index in [-0.39, 0.29) is 36.2 Å². The van der Waals surface area contributed by atoms with Gasteiger partial charge in [0.1, 0.15) is 11.5 Å². The molecule has 284 valence electrons. The smallest absolute Gasteiger partial charge is 0.242 e.